The van der Waals surface area contributed by atoms with Gasteiger partial charge in [-0.15, -0.1) is 0 Å². The lowest BCUT2D eigenvalue weighted by atomic mass is 9.88. The normalized spacial score (nSPS) is 12.9. The number of carbonyl (C=O) groups is 2. The first kappa shape index (κ1) is 31.5. The number of ether oxygens (including phenoxy) is 2. The van der Waals surface area contributed by atoms with Crippen LogP contribution in [0.2, 0.25) is 0 Å². The molecular formula is C32H48N2O4. The first-order valence-electron chi connectivity index (χ1n) is 14.2. The third-order valence-corrected chi connectivity index (χ3v) is 7.59. The van der Waals surface area contributed by atoms with Crippen molar-refractivity contribution in [1.29, 1.82) is 0 Å². The fourth-order valence-electron chi connectivity index (χ4n) is 4.96. The van der Waals surface area contributed by atoms with Gasteiger partial charge in [-0.1, -0.05) is 40.5 Å². The number of methoxy groups -OCH3 is 2. The van der Waals surface area contributed by atoms with Crippen molar-refractivity contribution in [1.82, 2.24) is 9.80 Å². The summed E-state index contributed by atoms with van der Waals surface area (Å²) >= 11 is 0. The van der Waals surface area contributed by atoms with Gasteiger partial charge in [0.1, 0.15) is 11.5 Å². The summed E-state index contributed by atoms with van der Waals surface area (Å²) in [6.07, 6.45) is 3.46. The molecule has 2 unspecified atom stereocenters. The van der Waals surface area contributed by atoms with E-state index < -0.39 is 0 Å². The molecule has 0 aliphatic carbocycles. The Labute approximate surface area is 230 Å². The Morgan fingerprint density at radius 3 is 1.18 bits per heavy atom. The van der Waals surface area contributed by atoms with Gasteiger partial charge in [0.05, 0.1) is 14.2 Å². The first-order chi connectivity index (χ1) is 18.4. The molecule has 0 amide bonds. The number of Topliss-reactive ketones (excluding diaryl/α,β-unsaturated/α-hetero) is 2. The van der Waals surface area contributed by atoms with Gasteiger partial charge in [0.2, 0.25) is 0 Å². The van der Waals surface area contributed by atoms with Gasteiger partial charge < -0.3 is 19.3 Å². The van der Waals surface area contributed by atoms with E-state index >= 15 is 0 Å². The second-order valence-corrected chi connectivity index (χ2v) is 9.84. The zero-order chi connectivity index (χ0) is 27.9. The molecule has 2 aromatic carbocycles. The van der Waals surface area contributed by atoms with Gasteiger partial charge in [0.25, 0.3) is 0 Å². The maximum atomic E-state index is 13.5. The largest absolute Gasteiger partial charge is 0.497 e. The molecule has 0 aliphatic rings. The number of hydrogen-bond donors (Lipinski definition) is 0. The lowest BCUT2D eigenvalue weighted by Gasteiger charge is -2.26. The number of unbranched alkanes of at least 4 members (excludes halogenated alkanes) is 1. The van der Waals surface area contributed by atoms with Crippen LogP contribution in [0.3, 0.4) is 0 Å². The minimum Gasteiger partial charge on any atom is -0.497 e. The second-order valence-electron chi connectivity index (χ2n) is 9.84. The molecule has 2 rings (SSSR count). The van der Waals surface area contributed by atoms with Gasteiger partial charge in [-0.05, 0) is 87.6 Å². The summed E-state index contributed by atoms with van der Waals surface area (Å²) in [6, 6.07) is 14.9. The van der Waals surface area contributed by atoms with E-state index in [-0.39, 0.29) is 23.4 Å². The third kappa shape index (κ3) is 9.55. The maximum absolute atomic E-state index is 13.5. The average Bonchev–Trinajstić information content (AvgIpc) is 2.97. The van der Waals surface area contributed by atoms with E-state index in [0.29, 0.717) is 0 Å². The van der Waals surface area contributed by atoms with Crippen molar-refractivity contribution in [3.8, 4) is 11.5 Å². The fraction of sp³-hybridized carbons (Fsp3) is 0.562. The summed E-state index contributed by atoms with van der Waals surface area (Å²) in [7, 11) is 3.26. The Morgan fingerprint density at radius 2 is 0.921 bits per heavy atom. The highest BCUT2D eigenvalue weighted by Crippen LogP contribution is 2.23. The van der Waals surface area contributed by atoms with Crippen LogP contribution in [-0.2, 0) is 0 Å². The second kappa shape index (κ2) is 17.0. The van der Waals surface area contributed by atoms with Crippen molar-refractivity contribution in [2.75, 3.05) is 53.5 Å². The molecule has 210 valence electrons. The maximum Gasteiger partial charge on any atom is 0.167 e. The highest BCUT2D eigenvalue weighted by atomic mass is 16.5. The minimum absolute atomic E-state index is 0.0678. The molecule has 0 aromatic heterocycles. The number of carbonyl (C=O) groups excluding carboxylic acids is 2. The topological polar surface area (TPSA) is 59.1 Å². The zero-order valence-electron chi connectivity index (χ0n) is 24.4. The Kier molecular flexibility index (Phi) is 14.1. The van der Waals surface area contributed by atoms with Crippen molar-refractivity contribution in [2.45, 2.75) is 53.4 Å². The molecule has 0 bridgehead atoms. The quantitative estimate of drug-likeness (QED) is 0.160. The van der Waals surface area contributed by atoms with Crippen LogP contribution in [0.5, 0.6) is 11.5 Å². The predicted octanol–water partition coefficient (Wildman–Crippen LogP) is 6.25. The van der Waals surface area contributed by atoms with Gasteiger partial charge in [-0.3, -0.25) is 9.59 Å². The number of benzene rings is 2. The zero-order valence-corrected chi connectivity index (χ0v) is 24.4. The SMILES string of the molecule is CCN(CC)CC(CCCCC(CN(CC)CC)C(=O)c1ccc(OC)cc1)C(=O)c1ccc(OC)cc1. The van der Waals surface area contributed by atoms with E-state index in [2.05, 4.69) is 37.5 Å². The van der Waals surface area contributed by atoms with Crippen molar-refractivity contribution in [2.24, 2.45) is 11.8 Å². The predicted molar refractivity (Wildman–Crippen MR) is 156 cm³/mol. The fourth-order valence-corrected chi connectivity index (χ4v) is 4.96. The molecule has 2 atom stereocenters. The van der Waals surface area contributed by atoms with Crippen LogP contribution in [-0.4, -0.2) is 74.9 Å². The van der Waals surface area contributed by atoms with Crippen LogP contribution in [0.1, 0.15) is 74.1 Å². The Morgan fingerprint density at radius 1 is 0.605 bits per heavy atom. The summed E-state index contributed by atoms with van der Waals surface area (Å²) < 4.78 is 10.5. The van der Waals surface area contributed by atoms with Crippen LogP contribution in [0.25, 0.3) is 0 Å². The van der Waals surface area contributed by atoms with Crippen LogP contribution < -0.4 is 9.47 Å². The van der Waals surface area contributed by atoms with Crippen LogP contribution in [0, 0.1) is 11.8 Å². The van der Waals surface area contributed by atoms with E-state index in [1.54, 1.807) is 14.2 Å². The summed E-state index contributed by atoms with van der Waals surface area (Å²) in [6.45, 7) is 13.8. The molecule has 6 nitrogen and oxygen atoms in total. The molecule has 38 heavy (non-hydrogen) atoms. The number of ketones is 2. The minimum atomic E-state index is -0.0678. The van der Waals surface area contributed by atoms with Crippen LogP contribution in [0.15, 0.2) is 48.5 Å². The van der Waals surface area contributed by atoms with Gasteiger partial charge in [-0.25, -0.2) is 0 Å². The Balaban J connectivity index is 2.09. The number of nitrogens with zero attached hydrogens (tertiary/aromatic N) is 2. The van der Waals surface area contributed by atoms with Gasteiger partial charge in [-0.2, -0.15) is 0 Å². The highest BCUT2D eigenvalue weighted by molar-refractivity contribution is 5.98. The summed E-state index contributed by atoms with van der Waals surface area (Å²) in [5.41, 5.74) is 1.47. The molecule has 0 fully saturated rings. The molecule has 0 radical (unpaired) electrons. The summed E-state index contributed by atoms with van der Waals surface area (Å²) in [5, 5.41) is 0. The monoisotopic (exact) mass is 524 g/mol. The Hall–Kier alpha value is -2.70. The molecular weight excluding hydrogens is 476 g/mol. The molecule has 6 heteroatoms. The first-order valence-corrected chi connectivity index (χ1v) is 14.2. The number of hydrogen-bond acceptors (Lipinski definition) is 6. The lowest BCUT2D eigenvalue weighted by Crippen LogP contribution is -2.34. The lowest BCUT2D eigenvalue weighted by molar-refractivity contribution is 0.0852. The molecule has 0 saturated carbocycles. The molecule has 0 heterocycles. The smallest absolute Gasteiger partial charge is 0.167 e. The van der Waals surface area contributed by atoms with Crippen molar-refractivity contribution < 1.29 is 19.1 Å². The van der Waals surface area contributed by atoms with Gasteiger partial charge >= 0.3 is 0 Å². The average molecular weight is 525 g/mol. The standard InChI is InChI=1S/C32H48N2O4/c1-7-33(8-2)23-27(31(35)25-15-19-29(37-5)20-16-25)13-11-12-14-28(24-34(9-3)10-4)32(36)26-17-21-30(38-6)22-18-26/h15-22,27-28H,7-14,23-24H2,1-6H3. The summed E-state index contributed by atoms with van der Waals surface area (Å²) in [5.74, 6) is 1.75. The van der Waals surface area contributed by atoms with Crippen molar-refractivity contribution in [3.05, 3.63) is 59.7 Å². The molecule has 0 N–H and O–H groups in total. The third-order valence-electron chi connectivity index (χ3n) is 7.59. The van der Waals surface area contributed by atoms with Gasteiger partial charge in [0, 0.05) is 36.1 Å². The van der Waals surface area contributed by atoms with E-state index in [0.717, 1.165) is 87.6 Å². The number of rotatable bonds is 19. The van der Waals surface area contributed by atoms with Crippen molar-refractivity contribution >= 4 is 11.6 Å². The molecule has 0 saturated heterocycles. The molecule has 2 aromatic rings. The summed E-state index contributed by atoms with van der Waals surface area (Å²) in [4.78, 5) is 31.6. The van der Waals surface area contributed by atoms with E-state index in [9.17, 15) is 9.59 Å². The van der Waals surface area contributed by atoms with Crippen molar-refractivity contribution in [3.63, 3.8) is 0 Å². The van der Waals surface area contributed by atoms with Crippen LogP contribution in [0.4, 0.5) is 0 Å². The van der Waals surface area contributed by atoms with E-state index in [1.807, 2.05) is 48.5 Å². The van der Waals surface area contributed by atoms with E-state index in [4.69, 9.17) is 9.47 Å². The van der Waals surface area contributed by atoms with Gasteiger partial charge in [0.15, 0.2) is 11.6 Å². The van der Waals surface area contributed by atoms with Crippen LogP contribution >= 0.6 is 0 Å². The highest BCUT2D eigenvalue weighted by Gasteiger charge is 2.24. The molecule has 0 spiro atoms. The van der Waals surface area contributed by atoms with E-state index in [1.165, 1.54) is 0 Å². The molecule has 0 aliphatic heterocycles. The Bertz CT molecular complexity index is 871.